The predicted molar refractivity (Wildman–Crippen MR) is 115 cm³/mol. The van der Waals surface area contributed by atoms with Crippen LogP contribution in [0, 0.1) is 5.21 Å². The summed E-state index contributed by atoms with van der Waals surface area (Å²) in [5, 5.41) is 10.5. The Morgan fingerprint density at radius 1 is 1.18 bits per heavy atom. The lowest BCUT2D eigenvalue weighted by Gasteiger charge is -2.17. The number of benzene rings is 2. The van der Waals surface area contributed by atoms with Crippen LogP contribution >= 0.6 is 15.9 Å². The van der Waals surface area contributed by atoms with Crippen molar-refractivity contribution < 1.29 is 14.3 Å². The molecule has 0 radical (unpaired) electrons. The van der Waals surface area contributed by atoms with Crippen LogP contribution in [0.4, 0.5) is 0 Å². The molecule has 0 aliphatic heterocycles. The van der Waals surface area contributed by atoms with Crippen molar-refractivity contribution in [3.8, 4) is 11.5 Å². The van der Waals surface area contributed by atoms with Crippen molar-refractivity contribution in [1.82, 2.24) is 5.48 Å². The van der Waals surface area contributed by atoms with Crippen molar-refractivity contribution in [1.29, 1.82) is 0 Å². The number of halogens is 1. The Balaban J connectivity index is 2.44. The molecule has 0 bridgehead atoms. The molecule has 0 atom stereocenters. The maximum Gasteiger partial charge on any atom is 0.233 e. The normalized spacial score (nSPS) is 10.6. The van der Waals surface area contributed by atoms with E-state index < -0.39 is 5.91 Å². The third-order valence-corrected chi connectivity index (χ3v) is 4.52. The third kappa shape index (κ3) is 6.25. The standard InChI is InChI=1S/C22H23BrNO4/c1-15(2)4-11-19-20(27-3)12-7-17(8-13-21(25)24-26)22(19)28-14-16-5-9-18(23)10-6-16/h4-10,12-13H,11,14H2,1-3H3,(H-,24,25,26)/q-1/b13-8+. The van der Waals surface area contributed by atoms with E-state index in [4.69, 9.17) is 9.47 Å². The van der Waals surface area contributed by atoms with Gasteiger partial charge in [0, 0.05) is 21.7 Å². The van der Waals surface area contributed by atoms with Gasteiger partial charge in [0.2, 0.25) is 5.91 Å². The summed E-state index contributed by atoms with van der Waals surface area (Å²) in [4.78, 5) is 11.3. The first-order chi connectivity index (χ1) is 13.4. The molecule has 1 N–H and O–H groups in total. The molecule has 0 saturated heterocycles. The van der Waals surface area contributed by atoms with Gasteiger partial charge in [0.05, 0.1) is 7.11 Å². The molecular weight excluding hydrogens is 422 g/mol. The zero-order valence-corrected chi connectivity index (χ0v) is 17.7. The van der Waals surface area contributed by atoms with E-state index in [1.54, 1.807) is 19.3 Å². The highest BCUT2D eigenvalue weighted by atomic mass is 79.9. The minimum absolute atomic E-state index is 0.358. The van der Waals surface area contributed by atoms with Crippen molar-refractivity contribution in [2.24, 2.45) is 0 Å². The van der Waals surface area contributed by atoms with Gasteiger partial charge in [-0.25, -0.2) is 0 Å². The fraction of sp³-hybridized carbons (Fsp3) is 0.227. The second-order valence-electron chi connectivity index (χ2n) is 6.37. The smallest absolute Gasteiger partial charge is 0.233 e. The van der Waals surface area contributed by atoms with Crippen molar-refractivity contribution in [3.63, 3.8) is 0 Å². The summed E-state index contributed by atoms with van der Waals surface area (Å²) < 4.78 is 12.7. The number of allylic oxidation sites excluding steroid dienone is 2. The Morgan fingerprint density at radius 3 is 2.50 bits per heavy atom. The van der Waals surface area contributed by atoms with Crippen molar-refractivity contribution in [2.75, 3.05) is 7.11 Å². The molecule has 1 amide bonds. The first-order valence-corrected chi connectivity index (χ1v) is 9.54. The van der Waals surface area contributed by atoms with Crippen LogP contribution in [0.5, 0.6) is 11.5 Å². The Hall–Kier alpha value is -2.57. The average molecular weight is 445 g/mol. The molecule has 2 aromatic carbocycles. The first-order valence-electron chi connectivity index (χ1n) is 8.75. The fourth-order valence-electron chi connectivity index (χ4n) is 2.56. The summed E-state index contributed by atoms with van der Waals surface area (Å²) in [6, 6.07) is 11.5. The number of carbonyl (C=O) groups excluding carboxylic acids is 1. The molecule has 0 fully saturated rings. The molecule has 0 aromatic heterocycles. The van der Waals surface area contributed by atoms with Crippen LogP contribution in [0.1, 0.15) is 30.5 Å². The van der Waals surface area contributed by atoms with Gasteiger partial charge < -0.3 is 20.2 Å². The second kappa shape index (κ2) is 10.7. The number of nitrogens with one attached hydrogen (secondary N) is 1. The highest BCUT2D eigenvalue weighted by molar-refractivity contribution is 9.10. The monoisotopic (exact) mass is 444 g/mol. The SMILES string of the molecule is COc1ccc(/C=C/C(=O)N[O-])c(OCc2ccc(Br)cc2)c1CC=C(C)C. The fourth-order valence-corrected chi connectivity index (χ4v) is 2.82. The van der Waals surface area contributed by atoms with Crippen LogP contribution in [-0.2, 0) is 17.8 Å². The zero-order valence-electron chi connectivity index (χ0n) is 16.1. The Bertz CT molecular complexity index is 869. The van der Waals surface area contributed by atoms with Crippen LogP contribution in [0.3, 0.4) is 0 Å². The summed E-state index contributed by atoms with van der Waals surface area (Å²) in [7, 11) is 1.61. The quantitative estimate of drug-likeness (QED) is 0.346. The number of hydrogen-bond donors (Lipinski definition) is 1. The number of amides is 1. The molecule has 6 heteroatoms. The van der Waals surface area contributed by atoms with Gasteiger partial charge in [-0.1, -0.05) is 39.7 Å². The van der Waals surface area contributed by atoms with Crippen LogP contribution in [0.15, 0.2) is 58.6 Å². The van der Waals surface area contributed by atoms with Crippen LogP contribution in [0.2, 0.25) is 0 Å². The van der Waals surface area contributed by atoms with Crippen LogP contribution in [0.25, 0.3) is 6.08 Å². The van der Waals surface area contributed by atoms with Gasteiger partial charge in [-0.05, 0) is 56.2 Å². The molecule has 2 aromatic rings. The second-order valence-corrected chi connectivity index (χ2v) is 7.28. The Kier molecular flexibility index (Phi) is 8.29. The Labute approximate surface area is 173 Å². The molecule has 0 aliphatic rings. The first kappa shape index (κ1) is 21.7. The van der Waals surface area contributed by atoms with Crippen LogP contribution in [-0.4, -0.2) is 13.0 Å². The van der Waals surface area contributed by atoms with Crippen molar-refractivity contribution in [2.45, 2.75) is 26.9 Å². The summed E-state index contributed by atoms with van der Waals surface area (Å²) >= 11 is 3.42. The van der Waals surface area contributed by atoms with E-state index in [9.17, 15) is 10.0 Å². The van der Waals surface area contributed by atoms with Crippen molar-refractivity contribution in [3.05, 3.63) is 80.5 Å². The molecule has 0 heterocycles. The van der Waals surface area contributed by atoms with Gasteiger partial charge >= 0.3 is 0 Å². The maximum atomic E-state index is 11.3. The molecule has 0 spiro atoms. The van der Waals surface area contributed by atoms with Gasteiger partial charge in [0.15, 0.2) is 0 Å². The van der Waals surface area contributed by atoms with Gasteiger partial charge in [0.1, 0.15) is 18.1 Å². The molecule has 0 unspecified atom stereocenters. The van der Waals surface area contributed by atoms with E-state index >= 15 is 0 Å². The highest BCUT2D eigenvalue weighted by Gasteiger charge is 2.14. The maximum absolute atomic E-state index is 11.3. The summed E-state index contributed by atoms with van der Waals surface area (Å²) in [6.45, 7) is 4.41. The highest BCUT2D eigenvalue weighted by Crippen LogP contribution is 2.35. The van der Waals surface area contributed by atoms with Gasteiger partial charge in [-0.2, -0.15) is 0 Å². The number of carbonyl (C=O) groups is 1. The summed E-state index contributed by atoms with van der Waals surface area (Å²) in [5.74, 6) is 0.601. The zero-order chi connectivity index (χ0) is 20.5. The number of hydroxylamine groups is 1. The van der Waals surface area contributed by atoms with E-state index in [2.05, 4.69) is 22.0 Å². The molecule has 0 saturated carbocycles. The number of hydrogen-bond acceptors (Lipinski definition) is 4. The number of methoxy groups -OCH3 is 1. The molecule has 148 valence electrons. The lowest BCUT2D eigenvalue weighted by Crippen LogP contribution is -2.11. The predicted octanol–water partition coefficient (Wildman–Crippen LogP) is 5.17. The van der Waals surface area contributed by atoms with E-state index in [0.29, 0.717) is 30.1 Å². The van der Waals surface area contributed by atoms with Gasteiger partial charge in [0.25, 0.3) is 0 Å². The molecular formula is C22H23BrNO4-. The molecule has 2 rings (SSSR count). The number of ether oxygens (including phenoxy) is 2. The van der Waals surface area contributed by atoms with E-state index in [0.717, 1.165) is 15.6 Å². The summed E-state index contributed by atoms with van der Waals surface area (Å²) in [6.07, 6.45) is 5.46. The van der Waals surface area contributed by atoms with E-state index in [-0.39, 0.29) is 0 Å². The van der Waals surface area contributed by atoms with Gasteiger partial charge in [-0.3, -0.25) is 4.79 Å². The average Bonchev–Trinajstić information content (AvgIpc) is 2.69. The van der Waals surface area contributed by atoms with Crippen LogP contribution < -0.4 is 15.0 Å². The summed E-state index contributed by atoms with van der Waals surface area (Å²) in [5.41, 5.74) is 5.09. The minimum Gasteiger partial charge on any atom is -0.759 e. The lowest BCUT2D eigenvalue weighted by atomic mass is 10.0. The molecule has 5 nitrogen and oxygen atoms in total. The lowest BCUT2D eigenvalue weighted by molar-refractivity contribution is -0.115. The minimum atomic E-state index is -0.722. The third-order valence-electron chi connectivity index (χ3n) is 3.99. The van der Waals surface area contributed by atoms with Gasteiger partial charge in [-0.15, -0.1) is 0 Å². The topological polar surface area (TPSA) is 70.6 Å². The van der Waals surface area contributed by atoms with E-state index in [1.807, 2.05) is 44.2 Å². The number of rotatable bonds is 8. The largest absolute Gasteiger partial charge is 0.759 e. The molecule has 28 heavy (non-hydrogen) atoms. The Morgan fingerprint density at radius 2 is 1.89 bits per heavy atom. The molecule has 0 aliphatic carbocycles. The van der Waals surface area contributed by atoms with Crippen molar-refractivity contribution >= 4 is 27.9 Å². The van der Waals surface area contributed by atoms with E-state index in [1.165, 1.54) is 17.1 Å².